The Hall–Kier alpha value is -3.53. The van der Waals surface area contributed by atoms with E-state index in [1.54, 1.807) is 12.1 Å². The summed E-state index contributed by atoms with van der Waals surface area (Å²) in [7, 11) is 0. The van der Waals surface area contributed by atoms with Crippen molar-refractivity contribution in [3.63, 3.8) is 0 Å². The van der Waals surface area contributed by atoms with Crippen LogP contribution in [0.5, 0.6) is 11.5 Å². The predicted octanol–water partition coefficient (Wildman–Crippen LogP) is 4.91. The molecule has 0 spiro atoms. The summed E-state index contributed by atoms with van der Waals surface area (Å²) in [4.78, 5) is 10.7. The number of benzene rings is 3. The van der Waals surface area contributed by atoms with Gasteiger partial charge in [-0.15, -0.1) is 0 Å². The van der Waals surface area contributed by atoms with Gasteiger partial charge in [0.25, 0.3) is 0 Å². The molecule has 0 atom stereocenters. The average molecular weight is 360 g/mol. The molecular weight excluding hydrogens is 340 g/mol. The molecule has 0 aliphatic carbocycles. The summed E-state index contributed by atoms with van der Waals surface area (Å²) in [6.45, 7) is 0.724. The SMILES string of the molecule is O=C(O)C=Cc1ccccc1OCCOc1ccccc1-c1ccccc1. The van der Waals surface area contributed by atoms with Crippen molar-refractivity contribution in [1.29, 1.82) is 0 Å². The summed E-state index contributed by atoms with van der Waals surface area (Å²) < 4.78 is 11.7. The highest BCUT2D eigenvalue weighted by molar-refractivity contribution is 5.85. The number of rotatable bonds is 8. The van der Waals surface area contributed by atoms with Crippen LogP contribution in [0.1, 0.15) is 5.56 Å². The first-order valence-electron chi connectivity index (χ1n) is 8.64. The molecule has 0 unspecified atom stereocenters. The first-order valence-corrected chi connectivity index (χ1v) is 8.64. The minimum Gasteiger partial charge on any atom is -0.489 e. The first kappa shape index (κ1) is 18.3. The lowest BCUT2D eigenvalue weighted by molar-refractivity contribution is -0.131. The number of para-hydroxylation sites is 2. The van der Waals surface area contributed by atoms with Gasteiger partial charge in [0.1, 0.15) is 24.7 Å². The molecule has 0 amide bonds. The lowest BCUT2D eigenvalue weighted by atomic mass is 10.1. The normalized spacial score (nSPS) is 10.7. The van der Waals surface area contributed by atoms with Gasteiger partial charge in [0, 0.05) is 17.2 Å². The molecule has 27 heavy (non-hydrogen) atoms. The molecule has 0 aliphatic rings. The Balaban J connectivity index is 1.62. The van der Waals surface area contributed by atoms with Gasteiger partial charge < -0.3 is 14.6 Å². The molecular formula is C23H20O4. The van der Waals surface area contributed by atoms with E-state index in [-0.39, 0.29) is 0 Å². The third-order valence-corrected chi connectivity index (χ3v) is 3.89. The molecule has 3 rings (SSSR count). The van der Waals surface area contributed by atoms with Crippen molar-refractivity contribution in [2.75, 3.05) is 13.2 Å². The van der Waals surface area contributed by atoms with E-state index >= 15 is 0 Å². The Labute approximate surface area is 158 Å². The molecule has 0 fully saturated rings. The third-order valence-electron chi connectivity index (χ3n) is 3.89. The third kappa shape index (κ3) is 5.22. The molecule has 1 N–H and O–H groups in total. The molecule has 4 heteroatoms. The van der Waals surface area contributed by atoms with Crippen molar-refractivity contribution >= 4 is 12.0 Å². The van der Waals surface area contributed by atoms with Gasteiger partial charge in [-0.2, -0.15) is 0 Å². The van der Waals surface area contributed by atoms with Crippen molar-refractivity contribution in [3.05, 3.63) is 90.5 Å². The Morgan fingerprint density at radius 1 is 0.778 bits per heavy atom. The van der Waals surface area contributed by atoms with Gasteiger partial charge in [0.15, 0.2) is 0 Å². The standard InChI is InChI=1S/C23H20O4/c24-23(25)15-14-19-10-4-6-12-21(19)26-16-17-27-22-13-7-5-11-20(22)18-8-2-1-3-9-18/h1-15H,16-17H2,(H,24,25). The lowest BCUT2D eigenvalue weighted by Crippen LogP contribution is -2.10. The van der Waals surface area contributed by atoms with E-state index in [2.05, 4.69) is 0 Å². The van der Waals surface area contributed by atoms with E-state index in [0.29, 0.717) is 24.5 Å². The van der Waals surface area contributed by atoms with Crippen molar-refractivity contribution in [3.8, 4) is 22.6 Å². The number of carboxylic acids is 1. The minimum absolute atomic E-state index is 0.348. The number of carbonyl (C=O) groups is 1. The second-order valence-electron chi connectivity index (χ2n) is 5.77. The lowest BCUT2D eigenvalue weighted by Gasteiger charge is -2.13. The molecule has 136 valence electrons. The Morgan fingerprint density at radius 3 is 2.11 bits per heavy atom. The highest BCUT2D eigenvalue weighted by Crippen LogP contribution is 2.29. The molecule has 4 nitrogen and oxygen atoms in total. The summed E-state index contributed by atoms with van der Waals surface area (Å²) in [5, 5.41) is 8.78. The molecule has 0 aromatic heterocycles. The number of ether oxygens (including phenoxy) is 2. The Bertz CT molecular complexity index is 916. The summed E-state index contributed by atoms with van der Waals surface area (Å²) in [6, 6.07) is 25.2. The summed E-state index contributed by atoms with van der Waals surface area (Å²) in [5.41, 5.74) is 2.84. The first-order chi connectivity index (χ1) is 13.2. The number of aliphatic carboxylic acids is 1. The smallest absolute Gasteiger partial charge is 0.328 e. The van der Waals surface area contributed by atoms with Crippen LogP contribution in [-0.2, 0) is 4.79 Å². The van der Waals surface area contributed by atoms with E-state index in [1.807, 2.05) is 66.7 Å². The Kier molecular flexibility index (Phi) is 6.26. The van der Waals surface area contributed by atoms with Crippen LogP contribution in [0.3, 0.4) is 0 Å². The van der Waals surface area contributed by atoms with Gasteiger partial charge in [0.2, 0.25) is 0 Å². The monoisotopic (exact) mass is 360 g/mol. The van der Waals surface area contributed by atoms with E-state index in [4.69, 9.17) is 14.6 Å². The van der Waals surface area contributed by atoms with E-state index in [9.17, 15) is 4.79 Å². The highest BCUT2D eigenvalue weighted by atomic mass is 16.5. The van der Waals surface area contributed by atoms with Gasteiger partial charge >= 0.3 is 5.97 Å². The van der Waals surface area contributed by atoms with Crippen LogP contribution in [0.2, 0.25) is 0 Å². The number of carboxylic acid groups (broad SMARTS) is 1. The van der Waals surface area contributed by atoms with E-state index in [1.165, 1.54) is 6.08 Å². The second kappa shape index (κ2) is 9.25. The van der Waals surface area contributed by atoms with Crippen LogP contribution in [0, 0.1) is 0 Å². The molecule has 0 radical (unpaired) electrons. The van der Waals surface area contributed by atoms with Crippen LogP contribution in [0.25, 0.3) is 17.2 Å². The van der Waals surface area contributed by atoms with E-state index < -0.39 is 5.97 Å². The molecule has 3 aromatic rings. The van der Waals surface area contributed by atoms with Crippen molar-refractivity contribution in [2.24, 2.45) is 0 Å². The molecule has 0 saturated heterocycles. The fourth-order valence-electron chi connectivity index (χ4n) is 2.66. The fraction of sp³-hybridized carbons (Fsp3) is 0.0870. The highest BCUT2D eigenvalue weighted by Gasteiger charge is 2.06. The maximum Gasteiger partial charge on any atom is 0.328 e. The molecule has 0 saturated carbocycles. The summed E-state index contributed by atoms with van der Waals surface area (Å²) >= 11 is 0. The Morgan fingerprint density at radius 2 is 1.37 bits per heavy atom. The van der Waals surface area contributed by atoms with E-state index in [0.717, 1.165) is 23.0 Å². The zero-order valence-corrected chi connectivity index (χ0v) is 14.7. The quantitative estimate of drug-likeness (QED) is 0.458. The van der Waals surface area contributed by atoms with Crippen LogP contribution in [0.15, 0.2) is 84.9 Å². The largest absolute Gasteiger partial charge is 0.489 e. The van der Waals surface area contributed by atoms with Gasteiger partial charge in [-0.1, -0.05) is 66.7 Å². The number of hydrogen-bond donors (Lipinski definition) is 1. The van der Waals surface area contributed by atoms with Crippen molar-refractivity contribution in [1.82, 2.24) is 0 Å². The maximum absolute atomic E-state index is 10.7. The molecule has 0 aliphatic heterocycles. The van der Waals surface area contributed by atoms with Crippen molar-refractivity contribution < 1.29 is 19.4 Å². The van der Waals surface area contributed by atoms with Gasteiger partial charge in [-0.05, 0) is 23.8 Å². The second-order valence-corrected chi connectivity index (χ2v) is 5.77. The maximum atomic E-state index is 10.7. The van der Waals surface area contributed by atoms with Gasteiger partial charge in [-0.3, -0.25) is 0 Å². The van der Waals surface area contributed by atoms with Crippen LogP contribution in [-0.4, -0.2) is 24.3 Å². The zero-order valence-electron chi connectivity index (χ0n) is 14.7. The van der Waals surface area contributed by atoms with Gasteiger partial charge in [-0.25, -0.2) is 4.79 Å². The molecule has 0 bridgehead atoms. The molecule has 3 aromatic carbocycles. The van der Waals surface area contributed by atoms with Crippen LogP contribution >= 0.6 is 0 Å². The zero-order chi connectivity index (χ0) is 18.9. The van der Waals surface area contributed by atoms with Gasteiger partial charge in [0.05, 0.1) is 0 Å². The van der Waals surface area contributed by atoms with Crippen molar-refractivity contribution in [2.45, 2.75) is 0 Å². The summed E-state index contributed by atoms with van der Waals surface area (Å²) in [6.07, 6.45) is 2.61. The van der Waals surface area contributed by atoms with Crippen LogP contribution < -0.4 is 9.47 Å². The molecule has 0 heterocycles. The summed E-state index contributed by atoms with van der Waals surface area (Å²) in [5.74, 6) is 0.423. The fourth-order valence-corrected chi connectivity index (χ4v) is 2.66. The predicted molar refractivity (Wildman–Crippen MR) is 106 cm³/mol. The average Bonchev–Trinajstić information content (AvgIpc) is 2.71. The minimum atomic E-state index is -0.995. The van der Waals surface area contributed by atoms with Crippen LogP contribution in [0.4, 0.5) is 0 Å². The topological polar surface area (TPSA) is 55.8 Å². The number of hydrogen-bond acceptors (Lipinski definition) is 3.